The van der Waals surface area contributed by atoms with Gasteiger partial charge in [0, 0.05) is 11.3 Å². The largest absolute Gasteiger partial charge is 0.493 e. The summed E-state index contributed by atoms with van der Waals surface area (Å²) in [5.41, 5.74) is 1.48. The zero-order valence-corrected chi connectivity index (χ0v) is 17.1. The fourth-order valence-corrected chi connectivity index (χ4v) is 3.16. The van der Waals surface area contributed by atoms with Gasteiger partial charge in [-0.15, -0.1) is 11.8 Å². The maximum Gasteiger partial charge on any atom is 0.306 e. The Morgan fingerprint density at radius 3 is 2.59 bits per heavy atom. The van der Waals surface area contributed by atoms with E-state index < -0.39 is 11.9 Å². The lowest BCUT2D eigenvalue weighted by molar-refractivity contribution is -0.147. The third kappa shape index (κ3) is 7.05. The number of carbonyl (C=O) groups is 2. The predicted molar refractivity (Wildman–Crippen MR) is 110 cm³/mol. The van der Waals surface area contributed by atoms with Crippen molar-refractivity contribution in [3.63, 3.8) is 0 Å². The van der Waals surface area contributed by atoms with Gasteiger partial charge in [0.1, 0.15) is 0 Å². The molecule has 0 aliphatic heterocycles. The summed E-state index contributed by atoms with van der Waals surface area (Å²) in [5, 5.41) is 11.4. The van der Waals surface area contributed by atoms with Crippen molar-refractivity contribution < 1.29 is 23.8 Å². The highest BCUT2D eigenvalue weighted by Crippen LogP contribution is 2.28. The van der Waals surface area contributed by atoms with Gasteiger partial charge in [0.25, 0.3) is 5.91 Å². The minimum Gasteiger partial charge on any atom is -0.493 e. The number of para-hydroxylation sites is 1. The number of anilines is 1. The van der Waals surface area contributed by atoms with Crippen LogP contribution in [0.4, 0.5) is 5.69 Å². The number of thioether (sulfide) groups is 1. The molecule has 0 aliphatic carbocycles. The summed E-state index contributed by atoms with van der Waals surface area (Å²) in [6, 6.07) is 14.6. The second kappa shape index (κ2) is 11.6. The first kappa shape index (κ1) is 22.1. The molecular weight excluding hydrogens is 392 g/mol. The van der Waals surface area contributed by atoms with E-state index in [9.17, 15) is 9.59 Å². The van der Waals surface area contributed by atoms with Crippen molar-refractivity contribution in [2.75, 3.05) is 31.9 Å². The highest BCUT2D eigenvalue weighted by molar-refractivity contribution is 7.99. The van der Waals surface area contributed by atoms with E-state index in [-0.39, 0.29) is 18.8 Å². The summed E-state index contributed by atoms with van der Waals surface area (Å²) in [6.07, 6.45) is 0.589. The number of benzene rings is 2. The summed E-state index contributed by atoms with van der Waals surface area (Å²) in [6.45, 7) is -0.373. The number of ether oxygens (including phenoxy) is 3. The molecule has 0 radical (unpaired) electrons. The Bertz CT molecular complexity index is 895. The lowest BCUT2D eigenvalue weighted by atomic mass is 10.1. The van der Waals surface area contributed by atoms with Gasteiger partial charge < -0.3 is 19.5 Å². The first-order valence-corrected chi connectivity index (χ1v) is 9.81. The predicted octanol–water partition coefficient (Wildman–Crippen LogP) is 3.43. The van der Waals surface area contributed by atoms with Gasteiger partial charge >= 0.3 is 5.97 Å². The molecule has 0 spiro atoms. The van der Waals surface area contributed by atoms with Crippen molar-refractivity contribution in [3.8, 4) is 17.6 Å². The van der Waals surface area contributed by atoms with Gasteiger partial charge in [0.15, 0.2) is 18.1 Å². The number of nitrogens with one attached hydrogen (secondary N) is 1. The van der Waals surface area contributed by atoms with Gasteiger partial charge in [-0.1, -0.05) is 18.2 Å². The van der Waals surface area contributed by atoms with E-state index in [0.717, 1.165) is 10.5 Å². The summed E-state index contributed by atoms with van der Waals surface area (Å²) in [4.78, 5) is 24.8. The van der Waals surface area contributed by atoms with Gasteiger partial charge in [0.2, 0.25) is 0 Å². The van der Waals surface area contributed by atoms with Crippen LogP contribution in [0.5, 0.6) is 11.5 Å². The van der Waals surface area contributed by atoms with E-state index in [4.69, 9.17) is 19.5 Å². The molecular formula is C21H22N2O5S. The minimum absolute atomic E-state index is 0.136. The molecule has 0 bridgehead atoms. The number of nitriles is 1. The Balaban J connectivity index is 1.81. The van der Waals surface area contributed by atoms with E-state index in [2.05, 4.69) is 5.32 Å². The number of aryl methyl sites for hydroxylation is 1. The summed E-state index contributed by atoms with van der Waals surface area (Å²) in [7, 11) is 3.10. The minimum atomic E-state index is -0.470. The van der Waals surface area contributed by atoms with Crippen LogP contribution in [0.25, 0.3) is 0 Å². The van der Waals surface area contributed by atoms with Gasteiger partial charge in [0.05, 0.1) is 31.7 Å². The molecule has 152 valence electrons. The van der Waals surface area contributed by atoms with Crippen molar-refractivity contribution >= 4 is 29.3 Å². The number of amides is 1. The normalized spacial score (nSPS) is 9.97. The summed E-state index contributed by atoms with van der Waals surface area (Å²) < 4.78 is 15.5. The summed E-state index contributed by atoms with van der Waals surface area (Å²) >= 11 is 1.32. The number of hydrogen-bond acceptors (Lipinski definition) is 7. The van der Waals surface area contributed by atoms with Gasteiger partial charge in [-0.2, -0.15) is 5.26 Å². The van der Waals surface area contributed by atoms with Crippen molar-refractivity contribution in [3.05, 3.63) is 48.0 Å². The Hall–Kier alpha value is -3.18. The van der Waals surface area contributed by atoms with Crippen molar-refractivity contribution in [2.24, 2.45) is 0 Å². The second-order valence-electron chi connectivity index (χ2n) is 5.84. The van der Waals surface area contributed by atoms with Crippen LogP contribution in [0.1, 0.15) is 12.0 Å². The van der Waals surface area contributed by atoms with Crippen molar-refractivity contribution in [1.29, 1.82) is 5.26 Å². The fourth-order valence-electron chi connectivity index (χ4n) is 2.49. The lowest BCUT2D eigenvalue weighted by Crippen LogP contribution is -2.21. The number of hydrogen-bond donors (Lipinski definition) is 1. The molecule has 0 saturated carbocycles. The van der Waals surface area contributed by atoms with Crippen LogP contribution < -0.4 is 14.8 Å². The molecule has 8 heteroatoms. The van der Waals surface area contributed by atoms with Crippen molar-refractivity contribution in [1.82, 2.24) is 0 Å². The zero-order valence-electron chi connectivity index (χ0n) is 16.3. The highest BCUT2D eigenvalue weighted by atomic mass is 32.2. The molecule has 0 aliphatic rings. The molecule has 0 fully saturated rings. The van der Waals surface area contributed by atoms with Crippen LogP contribution >= 0.6 is 11.8 Å². The van der Waals surface area contributed by atoms with E-state index >= 15 is 0 Å². The Labute approximate surface area is 174 Å². The van der Waals surface area contributed by atoms with Crippen LogP contribution in [0, 0.1) is 11.3 Å². The van der Waals surface area contributed by atoms with E-state index in [1.54, 1.807) is 38.5 Å². The molecule has 7 nitrogen and oxygen atoms in total. The standard InChI is InChI=1S/C21H22N2O5S/c1-26-17-9-7-15(13-18(17)27-2)8-10-21(25)28-14-20(24)23-16-5-3-4-6-19(16)29-12-11-22/h3-7,9,13H,8,10,12,14H2,1-2H3,(H,23,24). The first-order chi connectivity index (χ1) is 14.1. The molecule has 0 aromatic heterocycles. The fraction of sp³-hybridized carbons (Fsp3) is 0.286. The topological polar surface area (TPSA) is 97.6 Å². The third-order valence-corrected chi connectivity index (χ3v) is 4.82. The quantitative estimate of drug-likeness (QED) is 0.470. The Morgan fingerprint density at radius 1 is 1.10 bits per heavy atom. The number of carbonyl (C=O) groups excluding carboxylic acids is 2. The van der Waals surface area contributed by atoms with E-state index in [0.29, 0.717) is 23.6 Å². The smallest absolute Gasteiger partial charge is 0.306 e. The monoisotopic (exact) mass is 414 g/mol. The third-order valence-electron chi connectivity index (χ3n) is 3.88. The molecule has 0 unspecified atom stereocenters. The zero-order chi connectivity index (χ0) is 21.1. The molecule has 0 atom stereocenters. The van der Waals surface area contributed by atoms with E-state index in [1.807, 2.05) is 24.3 Å². The first-order valence-electron chi connectivity index (χ1n) is 8.82. The maximum atomic E-state index is 12.1. The molecule has 1 amide bonds. The van der Waals surface area contributed by atoms with Gasteiger partial charge in [-0.3, -0.25) is 9.59 Å². The van der Waals surface area contributed by atoms with Gasteiger partial charge in [-0.25, -0.2) is 0 Å². The average molecular weight is 414 g/mol. The molecule has 29 heavy (non-hydrogen) atoms. The highest BCUT2D eigenvalue weighted by Gasteiger charge is 2.11. The molecule has 0 heterocycles. The number of methoxy groups -OCH3 is 2. The lowest BCUT2D eigenvalue weighted by Gasteiger charge is -2.11. The van der Waals surface area contributed by atoms with Crippen molar-refractivity contribution in [2.45, 2.75) is 17.7 Å². The number of nitrogens with zero attached hydrogens (tertiary/aromatic N) is 1. The van der Waals surface area contributed by atoms with Crippen LogP contribution in [0.2, 0.25) is 0 Å². The molecule has 2 aromatic rings. The maximum absolute atomic E-state index is 12.1. The Morgan fingerprint density at radius 2 is 1.86 bits per heavy atom. The van der Waals surface area contributed by atoms with Crippen LogP contribution in [0.3, 0.4) is 0 Å². The van der Waals surface area contributed by atoms with Crippen LogP contribution in [-0.4, -0.2) is 38.5 Å². The summed E-state index contributed by atoms with van der Waals surface area (Å²) in [5.74, 6) is 0.573. The molecule has 0 saturated heterocycles. The average Bonchev–Trinajstić information content (AvgIpc) is 2.75. The number of esters is 1. The number of rotatable bonds is 10. The molecule has 1 N–H and O–H groups in total. The van der Waals surface area contributed by atoms with Crippen LogP contribution in [-0.2, 0) is 20.7 Å². The van der Waals surface area contributed by atoms with Crippen LogP contribution in [0.15, 0.2) is 47.4 Å². The van der Waals surface area contributed by atoms with E-state index in [1.165, 1.54) is 11.8 Å². The van der Waals surface area contributed by atoms with Gasteiger partial charge in [-0.05, 0) is 36.2 Å². The molecule has 2 rings (SSSR count). The Kier molecular flexibility index (Phi) is 8.86. The molecule has 2 aromatic carbocycles. The SMILES string of the molecule is COc1ccc(CCC(=O)OCC(=O)Nc2ccccc2SCC#N)cc1OC. The second-order valence-corrected chi connectivity index (χ2v) is 6.86.